The predicted molar refractivity (Wildman–Crippen MR) is 74.5 cm³/mol. The van der Waals surface area contributed by atoms with Gasteiger partial charge in [0, 0.05) is 11.6 Å². The molecule has 0 spiro atoms. The number of benzene rings is 1. The van der Waals surface area contributed by atoms with Crippen LogP contribution in [0.15, 0.2) is 52.8 Å². The molecule has 20 heavy (non-hydrogen) atoms. The number of hydrogen-bond acceptors (Lipinski definition) is 3. The average molecular weight is 270 g/mol. The fourth-order valence-electron chi connectivity index (χ4n) is 1.58. The van der Waals surface area contributed by atoms with Crippen molar-refractivity contribution in [2.75, 3.05) is 0 Å². The Balaban J connectivity index is 2.18. The van der Waals surface area contributed by atoms with Gasteiger partial charge in [-0.1, -0.05) is 17.7 Å². The summed E-state index contributed by atoms with van der Waals surface area (Å²) in [4.78, 5) is 23.4. The molecule has 0 aliphatic rings. The van der Waals surface area contributed by atoms with Crippen LogP contribution in [0, 0.1) is 6.92 Å². The van der Waals surface area contributed by atoms with Crippen LogP contribution in [0.1, 0.15) is 21.7 Å². The zero-order chi connectivity index (χ0) is 14.5. The largest absolute Gasteiger partial charge is 0.465 e. The molecule has 2 aromatic rings. The molecule has 0 bridgehead atoms. The van der Waals surface area contributed by atoms with E-state index in [0.717, 1.165) is 5.56 Å². The lowest BCUT2D eigenvalue weighted by atomic mass is 10.1. The molecular formula is C15H14N2O3. The minimum Gasteiger partial charge on any atom is -0.465 e. The number of carbonyl (C=O) groups is 2. The van der Waals surface area contributed by atoms with Crippen LogP contribution in [-0.2, 0) is 4.79 Å². The van der Waals surface area contributed by atoms with E-state index >= 15 is 0 Å². The van der Waals surface area contributed by atoms with Crippen molar-refractivity contribution in [1.82, 2.24) is 5.32 Å². The Morgan fingerprint density at radius 3 is 2.45 bits per heavy atom. The third kappa shape index (κ3) is 3.35. The Labute approximate surface area is 116 Å². The molecule has 0 fully saturated rings. The summed E-state index contributed by atoms with van der Waals surface area (Å²) in [6.45, 7) is 1.92. The van der Waals surface area contributed by atoms with Crippen LogP contribution < -0.4 is 11.1 Å². The molecule has 102 valence electrons. The zero-order valence-corrected chi connectivity index (χ0v) is 10.9. The van der Waals surface area contributed by atoms with E-state index in [2.05, 4.69) is 5.32 Å². The molecular weight excluding hydrogens is 256 g/mol. The van der Waals surface area contributed by atoms with E-state index in [1.165, 1.54) is 12.3 Å². The van der Waals surface area contributed by atoms with E-state index in [1.54, 1.807) is 24.3 Å². The lowest BCUT2D eigenvalue weighted by Gasteiger charge is -2.06. The first-order valence-electron chi connectivity index (χ1n) is 5.99. The normalized spacial score (nSPS) is 11.2. The lowest BCUT2D eigenvalue weighted by Crippen LogP contribution is -2.31. The molecule has 0 saturated heterocycles. The Bertz CT molecular complexity index is 640. The van der Waals surface area contributed by atoms with Crippen molar-refractivity contribution >= 4 is 17.9 Å². The summed E-state index contributed by atoms with van der Waals surface area (Å²) >= 11 is 0. The van der Waals surface area contributed by atoms with Gasteiger partial charge in [-0.25, -0.2) is 0 Å². The monoisotopic (exact) mass is 270 g/mol. The van der Waals surface area contributed by atoms with Crippen LogP contribution in [0.2, 0.25) is 0 Å². The topological polar surface area (TPSA) is 85.3 Å². The molecule has 3 N–H and O–H groups in total. The number of rotatable bonds is 4. The van der Waals surface area contributed by atoms with Gasteiger partial charge in [0.1, 0.15) is 11.5 Å². The van der Waals surface area contributed by atoms with Crippen molar-refractivity contribution in [2.45, 2.75) is 6.92 Å². The van der Waals surface area contributed by atoms with Gasteiger partial charge in [-0.2, -0.15) is 0 Å². The zero-order valence-electron chi connectivity index (χ0n) is 10.9. The standard InChI is InChI=1S/C15H14N2O3/c1-10-4-6-11(7-5-10)15(19)17-13(14(16)18)9-12-3-2-8-20-12/h2-9H,1H3,(H2,16,18)(H,17,19)/b13-9-. The van der Waals surface area contributed by atoms with Gasteiger partial charge in [0.25, 0.3) is 11.8 Å². The summed E-state index contributed by atoms with van der Waals surface area (Å²) in [6.07, 6.45) is 2.85. The van der Waals surface area contributed by atoms with Crippen LogP contribution in [0.25, 0.3) is 6.08 Å². The first-order chi connectivity index (χ1) is 9.56. The molecule has 0 saturated carbocycles. The Kier molecular flexibility index (Phi) is 4.00. The van der Waals surface area contributed by atoms with E-state index in [1.807, 2.05) is 19.1 Å². The summed E-state index contributed by atoms with van der Waals surface area (Å²) in [7, 11) is 0. The highest BCUT2D eigenvalue weighted by Gasteiger charge is 2.12. The highest BCUT2D eigenvalue weighted by molar-refractivity contribution is 6.04. The summed E-state index contributed by atoms with van der Waals surface area (Å²) in [5.74, 6) is -0.702. The number of carbonyl (C=O) groups excluding carboxylic acids is 2. The van der Waals surface area contributed by atoms with E-state index in [9.17, 15) is 9.59 Å². The van der Waals surface area contributed by atoms with Crippen molar-refractivity contribution in [3.05, 3.63) is 65.2 Å². The maximum absolute atomic E-state index is 12.0. The minimum absolute atomic E-state index is 0.0227. The molecule has 2 amide bonds. The number of hydrogen-bond donors (Lipinski definition) is 2. The van der Waals surface area contributed by atoms with Gasteiger partial charge in [-0.15, -0.1) is 0 Å². The number of furan rings is 1. The van der Waals surface area contributed by atoms with Crippen LogP contribution in [-0.4, -0.2) is 11.8 Å². The maximum atomic E-state index is 12.0. The smallest absolute Gasteiger partial charge is 0.265 e. The summed E-state index contributed by atoms with van der Waals surface area (Å²) in [6, 6.07) is 10.3. The fourth-order valence-corrected chi connectivity index (χ4v) is 1.58. The SMILES string of the molecule is Cc1ccc(C(=O)N/C(=C\c2ccco2)C(N)=O)cc1. The first kappa shape index (κ1) is 13.6. The van der Waals surface area contributed by atoms with Crippen LogP contribution in [0.4, 0.5) is 0 Å². The third-order valence-electron chi connectivity index (χ3n) is 2.66. The highest BCUT2D eigenvalue weighted by Crippen LogP contribution is 2.08. The molecule has 0 aliphatic carbocycles. The third-order valence-corrected chi connectivity index (χ3v) is 2.66. The Morgan fingerprint density at radius 2 is 1.90 bits per heavy atom. The molecule has 2 rings (SSSR count). The van der Waals surface area contributed by atoms with Gasteiger partial charge >= 0.3 is 0 Å². The summed E-state index contributed by atoms with van der Waals surface area (Å²) < 4.78 is 5.08. The number of nitrogens with one attached hydrogen (secondary N) is 1. The van der Waals surface area contributed by atoms with Crippen molar-refractivity contribution in [3.8, 4) is 0 Å². The van der Waals surface area contributed by atoms with Gasteiger partial charge in [-0.3, -0.25) is 9.59 Å². The molecule has 1 aromatic heterocycles. The van der Waals surface area contributed by atoms with Gasteiger partial charge < -0.3 is 15.5 Å². The van der Waals surface area contributed by atoms with Crippen LogP contribution in [0.3, 0.4) is 0 Å². The second kappa shape index (κ2) is 5.88. The van der Waals surface area contributed by atoms with Gasteiger partial charge in [0.15, 0.2) is 0 Å². The fraction of sp³-hybridized carbons (Fsp3) is 0.0667. The molecule has 0 unspecified atom stereocenters. The van der Waals surface area contributed by atoms with Crippen LogP contribution in [0.5, 0.6) is 0 Å². The minimum atomic E-state index is -0.734. The molecule has 1 heterocycles. The molecule has 0 radical (unpaired) electrons. The predicted octanol–water partition coefficient (Wildman–Crippen LogP) is 1.84. The summed E-state index contributed by atoms with van der Waals surface area (Å²) in [5.41, 5.74) is 6.71. The van der Waals surface area contributed by atoms with Crippen molar-refractivity contribution < 1.29 is 14.0 Å². The van der Waals surface area contributed by atoms with Crippen LogP contribution >= 0.6 is 0 Å². The number of nitrogens with two attached hydrogens (primary N) is 1. The highest BCUT2D eigenvalue weighted by atomic mass is 16.3. The van der Waals surface area contributed by atoms with E-state index in [4.69, 9.17) is 10.2 Å². The van der Waals surface area contributed by atoms with E-state index < -0.39 is 11.8 Å². The average Bonchev–Trinajstić information content (AvgIpc) is 2.91. The second-order valence-electron chi connectivity index (χ2n) is 4.26. The van der Waals surface area contributed by atoms with Crippen molar-refractivity contribution in [3.63, 3.8) is 0 Å². The molecule has 0 atom stereocenters. The van der Waals surface area contributed by atoms with Gasteiger partial charge in [0.05, 0.1) is 6.26 Å². The van der Waals surface area contributed by atoms with Gasteiger partial charge in [-0.05, 0) is 31.2 Å². The van der Waals surface area contributed by atoms with Crippen molar-refractivity contribution in [2.24, 2.45) is 5.73 Å². The van der Waals surface area contributed by atoms with Gasteiger partial charge in [0.2, 0.25) is 0 Å². The molecule has 5 heteroatoms. The number of primary amides is 1. The first-order valence-corrected chi connectivity index (χ1v) is 5.99. The van der Waals surface area contributed by atoms with Crippen molar-refractivity contribution in [1.29, 1.82) is 0 Å². The maximum Gasteiger partial charge on any atom is 0.265 e. The number of aryl methyl sites for hydroxylation is 1. The lowest BCUT2D eigenvalue weighted by molar-refractivity contribution is -0.114. The van der Waals surface area contributed by atoms with E-state index in [-0.39, 0.29) is 5.70 Å². The molecule has 5 nitrogen and oxygen atoms in total. The number of amides is 2. The molecule has 0 aliphatic heterocycles. The Hall–Kier alpha value is -2.82. The Morgan fingerprint density at radius 1 is 1.20 bits per heavy atom. The molecule has 1 aromatic carbocycles. The van der Waals surface area contributed by atoms with E-state index in [0.29, 0.717) is 11.3 Å². The quantitative estimate of drug-likeness (QED) is 0.831. The second-order valence-corrected chi connectivity index (χ2v) is 4.26. The summed E-state index contributed by atoms with van der Waals surface area (Å²) in [5, 5.41) is 2.48.